The second kappa shape index (κ2) is 7.65. The van der Waals surface area contributed by atoms with Gasteiger partial charge in [0.2, 0.25) is 11.8 Å². The van der Waals surface area contributed by atoms with Crippen molar-refractivity contribution in [1.29, 1.82) is 0 Å². The highest BCUT2D eigenvalue weighted by molar-refractivity contribution is 5.79. The van der Waals surface area contributed by atoms with Crippen LogP contribution in [-0.2, 0) is 4.79 Å². The number of carbonyl (C=O) groups excluding carboxylic acids is 1. The summed E-state index contributed by atoms with van der Waals surface area (Å²) in [6.45, 7) is 4.35. The lowest BCUT2D eigenvalue weighted by atomic mass is 10.1. The van der Waals surface area contributed by atoms with Crippen molar-refractivity contribution in [2.24, 2.45) is 5.92 Å². The number of aryl methyl sites for hydroxylation is 1. The van der Waals surface area contributed by atoms with Gasteiger partial charge in [0, 0.05) is 18.9 Å². The van der Waals surface area contributed by atoms with Crippen molar-refractivity contribution < 1.29 is 19.2 Å². The molecule has 7 nitrogen and oxygen atoms in total. The number of aliphatic hydroxyl groups is 1. The molecule has 2 aromatic rings. The van der Waals surface area contributed by atoms with Gasteiger partial charge in [0.1, 0.15) is 11.8 Å². The van der Waals surface area contributed by atoms with Gasteiger partial charge in [-0.2, -0.15) is 4.98 Å². The first-order chi connectivity index (χ1) is 12.0. The predicted octanol–water partition coefficient (Wildman–Crippen LogP) is 2.12. The zero-order valence-corrected chi connectivity index (χ0v) is 14.5. The lowest BCUT2D eigenvalue weighted by Crippen LogP contribution is -2.36. The normalized spacial score (nSPS) is 21.3. The number of rotatable bonds is 6. The third-order valence-corrected chi connectivity index (χ3v) is 4.37. The topological polar surface area (TPSA) is 88.7 Å². The zero-order chi connectivity index (χ0) is 17.8. The molecule has 25 heavy (non-hydrogen) atoms. The zero-order valence-electron chi connectivity index (χ0n) is 14.5. The van der Waals surface area contributed by atoms with Crippen LogP contribution in [0, 0.1) is 12.8 Å². The maximum Gasteiger partial charge on any atom is 0.249 e. The van der Waals surface area contributed by atoms with Crippen LogP contribution in [-0.4, -0.2) is 45.3 Å². The second-order valence-corrected chi connectivity index (χ2v) is 6.43. The van der Waals surface area contributed by atoms with Crippen molar-refractivity contribution in [3.05, 3.63) is 42.0 Å². The van der Waals surface area contributed by atoms with Crippen LogP contribution in [0.3, 0.4) is 0 Å². The van der Waals surface area contributed by atoms with Crippen molar-refractivity contribution >= 4 is 5.91 Å². The largest absolute Gasteiger partial charge is 0.494 e. The number of nitrogens with zero attached hydrogens (tertiary/aromatic N) is 3. The summed E-state index contributed by atoms with van der Waals surface area (Å²) < 4.78 is 10.9. The van der Waals surface area contributed by atoms with Crippen LogP contribution in [0.1, 0.15) is 37.5 Å². The number of aliphatic hydroxyl groups excluding tert-OH is 1. The molecule has 0 unspecified atom stereocenters. The molecule has 1 aromatic heterocycles. The van der Waals surface area contributed by atoms with E-state index in [2.05, 4.69) is 10.1 Å². The number of carbonyl (C=O) groups is 1. The smallest absolute Gasteiger partial charge is 0.249 e. The number of hydrogen-bond acceptors (Lipinski definition) is 6. The summed E-state index contributed by atoms with van der Waals surface area (Å²) >= 11 is 0. The van der Waals surface area contributed by atoms with E-state index in [1.54, 1.807) is 11.8 Å². The first-order valence-electron chi connectivity index (χ1n) is 8.51. The summed E-state index contributed by atoms with van der Waals surface area (Å²) in [5, 5.41) is 13.8. The van der Waals surface area contributed by atoms with Crippen LogP contribution in [0.15, 0.2) is 34.9 Å². The summed E-state index contributed by atoms with van der Waals surface area (Å²) in [4.78, 5) is 18.7. The summed E-state index contributed by atoms with van der Waals surface area (Å²) in [7, 11) is 0. The third kappa shape index (κ3) is 4.17. The Hall–Kier alpha value is -2.41. The Balaban J connectivity index is 1.58. The minimum Gasteiger partial charge on any atom is -0.494 e. The maximum absolute atomic E-state index is 12.8. The molecule has 7 heteroatoms. The summed E-state index contributed by atoms with van der Waals surface area (Å²) in [6.07, 6.45) is 0.435. The molecular formula is C18H23N3O4. The van der Waals surface area contributed by atoms with Crippen molar-refractivity contribution in [2.75, 3.05) is 13.2 Å². The lowest BCUT2D eigenvalue weighted by Gasteiger charge is -2.25. The first kappa shape index (κ1) is 17.4. The minimum atomic E-state index is -0.575. The Morgan fingerprint density at radius 2 is 2.20 bits per heavy atom. The van der Waals surface area contributed by atoms with Gasteiger partial charge in [0.25, 0.3) is 0 Å². The molecule has 1 aliphatic heterocycles. The van der Waals surface area contributed by atoms with Gasteiger partial charge in [-0.1, -0.05) is 30.3 Å². The van der Waals surface area contributed by atoms with Crippen LogP contribution < -0.4 is 4.74 Å². The molecule has 1 fully saturated rings. The van der Waals surface area contributed by atoms with Crippen LogP contribution in [0.2, 0.25) is 0 Å². The molecule has 0 radical (unpaired) electrons. The van der Waals surface area contributed by atoms with Crippen LogP contribution in [0.25, 0.3) is 0 Å². The molecule has 1 aliphatic rings. The predicted molar refractivity (Wildman–Crippen MR) is 89.8 cm³/mol. The van der Waals surface area contributed by atoms with Crippen LogP contribution >= 0.6 is 0 Å². The second-order valence-electron chi connectivity index (χ2n) is 6.43. The molecule has 3 rings (SSSR count). The van der Waals surface area contributed by atoms with E-state index in [0.29, 0.717) is 31.2 Å². The van der Waals surface area contributed by atoms with Gasteiger partial charge in [-0.3, -0.25) is 4.79 Å². The summed E-state index contributed by atoms with van der Waals surface area (Å²) in [5.74, 6) is 1.44. The minimum absolute atomic E-state index is 0.0333. The Labute approximate surface area is 146 Å². The monoisotopic (exact) mass is 345 g/mol. The number of ether oxygens (including phenoxy) is 1. The molecule has 1 N–H and O–H groups in total. The maximum atomic E-state index is 12.8. The molecule has 0 aliphatic carbocycles. The molecule has 1 amide bonds. The lowest BCUT2D eigenvalue weighted by molar-refractivity contribution is -0.137. The van der Waals surface area contributed by atoms with E-state index in [1.165, 1.54) is 0 Å². The van der Waals surface area contributed by atoms with E-state index in [4.69, 9.17) is 9.26 Å². The van der Waals surface area contributed by atoms with Crippen LogP contribution in [0.5, 0.6) is 5.75 Å². The van der Waals surface area contributed by atoms with Gasteiger partial charge in [0.05, 0.1) is 12.7 Å². The standard InChI is InChI=1S/C18H23N3O4/c1-12(8-9-24-15-6-4-3-5-7-15)18(23)21-11-14(22)10-16(21)17-19-13(2)20-25-17/h3-7,12,14,16,22H,8-11H2,1-2H3/t12-,14-,16-/m1/s1. The average molecular weight is 345 g/mol. The van der Waals surface area contributed by atoms with E-state index < -0.39 is 6.10 Å². The fourth-order valence-corrected chi connectivity index (χ4v) is 3.02. The van der Waals surface area contributed by atoms with E-state index in [-0.39, 0.29) is 24.4 Å². The van der Waals surface area contributed by atoms with Crippen LogP contribution in [0.4, 0.5) is 0 Å². The number of benzene rings is 1. The molecule has 1 saturated heterocycles. The van der Waals surface area contributed by atoms with Gasteiger partial charge in [0.15, 0.2) is 5.82 Å². The fourth-order valence-electron chi connectivity index (χ4n) is 3.02. The summed E-state index contributed by atoms with van der Waals surface area (Å²) in [6, 6.07) is 9.16. The Bertz CT molecular complexity index is 703. The van der Waals surface area contributed by atoms with Crippen molar-refractivity contribution in [1.82, 2.24) is 15.0 Å². The SMILES string of the molecule is Cc1noc([C@H]2C[C@@H](O)CN2C(=O)[C@H](C)CCOc2ccccc2)n1. The number of β-amino-alcohol motifs (C(OH)–C–C–N with tert-alkyl or cyclic N) is 1. The van der Waals surface area contributed by atoms with Crippen molar-refractivity contribution in [3.63, 3.8) is 0 Å². The van der Waals surface area contributed by atoms with Gasteiger partial charge >= 0.3 is 0 Å². The van der Waals surface area contributed by atoms with Gasteiger partial charge in [-0.25, -0.2) is 0 Å². The molecule has 0 spiro atoms. The summed E-state index contributed by atoms with van der Waals surface area (Å²) in [5.41, 5.74) is 0. The molecule has 3 atom stereocenters. The van der Waals surface area contributed by atoms with Crippen molar-refractivity contribution in [3.8, 4) is 5.75 Å². The molecule has 0 saturated carbocycles. The average Bonchev–Trinajstić information content (AvgIpc) is 3.20. The first-order valence-corrected chi connectivity index (χ1v) is 8.51. The van der Waals surface area contributed by atoms with E-state index in [1.807, 2.05) is 37.3 Å². The number of amides is 1. The molecule has 1 aromatic carbocycles. The highest BCUT2D eigenvalue weighted by atomic mass is 16.5. The highest BCUT2D eigenvalue weighted by Gasteiger charge is 2.39. The third-order valence-electron chi connectivity index (χ3n) is 4.37. The van der Waals surface area contributed by atoms with Crippen molar-refractivity contribution in [2.45, 2.75) is 38.8 Å². The van der Waals surface area contributed by atoms with Gasteiger partial charge in [-0.15, -0.1) is 0 Å². The van der Waals surface area contributed by atoms with Gasteiger partial charge in [-0.05, 0) is 25.5 Å². The number of likely N-dealkylation sites (tertiary alicyclic amines) is 1. The number of hydrogen-bond donors (Lipinski definition) is 1. The number of para-hydroxylation sites is 1. The van der Waals surface area contributed by atoms with E-state index >= 15 is 0 Å². The quantitative estimate of drug-likeness (QED) is 0.863. The number of aromatic nitrogens is 2. The molecule has 2 heterocycles. The molecular weight excluding hydrogens is 322 g/mol. The fraction of sp³-hybridized carbons (Fsp3) is 0.500. The molecule has 134 valence electrons. The Morgan fingerprint density at radius 3 is 2.88 bits per heavy atom. The highest BCUT2D eigenvalue weighted by Crippen LogP contribution is 2.32. The van der Waals surface area contributed by atoms with Gasteiger partial charge < -0.3 is 19.3 Å². The van der Waals surface area contributed by atoms with E-state index in [9.17, 15) is 9.90 Å². The molecule has 0 bridgehead atoms. The van der Waals surface area contributed by atoms with E-state index in [0.717, 1.165) is 5.75 Å². The Morgan fingerprint density at radius 1 is 1.44 bits per heavy atom. The Kier molecular flexibility index (Phi) is 5.33.